The van der Waals surface area contributed by atoms with Crippen LogP contribution in [-0.2, 0) is 26.2 Å². The molecule has 14 heteroatoms. The summed E-state index contributed by atoms with van der Waals surface area (Å²) in [5, 5.41) is 14.6. The summed E-state index contributed by atoms with van der Waals surface area (Å²) >= 11 is 6.26. The van der Waals surface area contributed by atoms with Crippen LogP contribution in [0.2, 0.25) is 5.02 Å². The largest absolute Gasteiger partial charge is 0.497 e. The lowest BCUT2D eigenvalue weighted by atomic mass is 10.1. The number of nitrogens with one attached hydrogen (secondary N) is 1. The van der Waals surface area contributed by atoms with Crippen LogP contribution in [0.5, 0.6) is 11.5 Å². The van der Waals surface area contributed by atoms with Crippen molar-refractivity contribution >= 4 is 44.8 Å². The van der Waals surface area contributed by atoms with E-state index in [2.05, 4.69) is 5.32 Å². The Morgan fingerprint density at radius 2 is 1.73 bits per heavy atom. The Bertz CT molecular complexity index is 1660. The maximum Gasteiger partial charge on any atom is 0.273 e. The second-order valence-corrected chi connectivity index (χ2v) is 13.0. The van der Waals surface area contributed by atoms with E-state index < -0.39 is 49.9 Å². The number of hydrogen-bond donors (Lipinski definition) is 1. The van der Waals surface area contributed by atoms with Gasteiger partial charge in [-0.05, 0) is 61.7 Å². The molecule has 3 aromatic carbocycles. The van der Waals surface area contributed by atoms with Gasteiger partial charge in [-0.1, -0.05) is 43.6 Å². The summed E-state index contributed by atoms with van der Waals surface area (Å²) < 4.78 is 40.0. The number of ether oxygens (including phenoxy) is 2. The summed E-state index contributed by atoms with van der Waals surface area (Å²) in [5.74, 6) is -0.385. The third-order valence-corrected chi connectivity index (χ3v) is 8.98. The average Bonchev–Trinajstić information content (AvgIpc) is 3.00. The minimum Gasteiger partial charge on any atom is -0.497 e. The number of sulfonamides is 1. The SMILES string of the molecule is COc1cccc(CN(C(=O)CN(c2cc(Cl)ccc2OC)S(=O)(=O)c2ccc(C)c([N+](=O)[O-])c2)C(C)C(=O)NCC(C)C)c1. The van der Waals surface area contributed by atoms with Crippen LogP contribution in [0.1, 0.15) is 31.9 Å². The fraction of sp³-hybridized carbons (Fsp3) is 0.355. The number of nitrogens with zero attached hydrogens (tertiary/aromatic N) is 3. The van der Waals surface area contributed by atoms with E-state index in [0.29, 0.717) is 17.9 Å². The molecule has 1 N–H and O–H groups in total. The molecule has 1 atom stereocenters. The van der Waals surface area contributed by atoms with Gasteiger partial charge in [-0.15, -0.1) is 0 Å². The smallest absolute Gasteiger partial charge is 0.273 e. The van der Waals surface area contributed by atoms with Crippen LogP contribution >= 0.6 is 11.6 Å². The van der Waals surface area contributed by atoms with Crippen molar-refractivity contribution in [3.8, 4) is 11.5 Å². The Kier molecular flexibility index (Phi) is 11.8. The highest BCUT2D eigenvalue weighted by Gasteiger charge is 2.35. The van der Waals surface area contributed by atoms with E-state index in [9.17, 15) is 28.1 Å². The molecule has 3 aromatic rings. The first-order valence-corrected chi connectivity index (χ1v) is 15.8. The zero-order valence-electron chi connectivity index (χ0n) is 25.9. The van der Waals surface area contributed by atoms with Gasteiger partial charge < -0.3 is 19.7 Å². The van der Waals surface area contributed by atoms with Crippen LogP contribution in [0.15, 0.2) is 65.6 Å². The molecule has 0 saturated carbocycles. The molecular formula is C31H37ClN4O8S. The van der Waals surface area contributed by atoms with Crippen LogP contribution in [0.25, 0.3) is 0 Å². The monoisotopic (exact) mass is 660 g/mol. The van der Waals surface area contributed by atoms with Gasteiger partial charge in [0.2, 0.25) is 11.8 Å². The fourth-order valence-corrected chi connectivity index (χ4v) is 6.05. The van der Waals surface area contributed by atoms with Crippen LogP contribution in [-0.4, -0.2) is 63.4 Å². The summed E-state index contributed by atoms with van der Waals surface area (Å²) in [7, 11) is -1.81. The van der Waals surface area contributed by atoms with Crippen molar-refractivity contribution < 1.29 is 32.4 Å². The van der Waals surface area contributed by atoms with Crippen molar-refractivity contribution in [3.63, 3.8) is 0 Å². The topological polar surface area (TPSA) is 148 Å². The fourth-order valence-electron chi connectivity index (χ4n) is 4.45. The Labute approximate surface area is 268 Å². The Balaban J connectivity index is 2.15. The average molecular weight is 661 g/mol. The molecule has 0 bridgehead atoms. The minimum absolute atomic E-state index is 0.0527. The van der Waals surface area contributed by atoms with Crippen molar-refractivity contribution in [3.05, 3.63) is 86.9 Å². The number of nitro benzene ring substituents is 1. The molecule has 1 unspecified atom stereocenters. The highest BCUT2D eigenvalue weighted by atomic mass is 35.5. The summed E-state index contributed by atoms with van der Waals surface area (Å²) in [6.45, 7) is 6.43. The van der Waals surface area contributed by atoms with Gasteiger partial charge in [0.05, 0.1) is 29.7 Å². The molecule has 0 spiro atoms. The molecule has 2 amide bonds. The maximum atomic E-state index is 14.2. The Hall–Kier alpha value is -4.36. The number of hydrogen-bond acceptors (Lipinski definition) is 8. The Morgan fingerprint density at radius 3 is 2.36 bits per heavy atom. The molecule has 0 radical (unpaired) electrons. The number of nitro groups is 1. The molecule has 12 nitrogen and oxygen atoms in total. The first-order valence-electron chi connectivity index (χ1n) is 14.0. The summed E-state index contributed by atoms with van der Waals surface area (Å²) in [4.78, 5) is 39.2. The molecule has 0 aliphatic heterocycles. The van der Waals surface area contributed by atoms with E-state index in [4.69, 9.17) is 21.1 Å². The maximum absolute atomic E-state index is 14.2. The summed E-state index contributed by atoms with van der Waals surface area (Å²) in [6, 6.07) is 13.6. The molecule has 3 rings (SSSR count). The predicted octanol–water partition coefficient (Wildman–Crippen LogP) is 4.96. The lowest BCUT2D eigenvalue weighted by molar-refractivity contribution is -0.385. The minimum atomic E-state index is -4.63. The van der Waals surface area contributed by atoms with Crippen molar-refractivity contribution in [2.75, 3.05) is 31.6 Å². The van der Waals surface area contributed by atoms with E-state index in [1.807, 2.05) is 13.8 Å². The number of halogens is 1. The highest BCUT2D eigenvalue weighted by Crippen LogP contribution is 2.36. The second-order valence-electron chi connectivity index (χ2n) is 10.7. The third kappa shape index (κ3) is 8.64. The normalized spacial score (nSPS) is 11.9. The molecule has 45 heavy (non-hydrogen) atoms. The van der Waals surface area contributed by atoms with Crippen molar-refractivity contribution in [1.29, 1.82) is 0 Å². The van der Waals surface area contributed by atoms with E-state index in [0.717, 1.165) is 10.4 Å². The zero-order chi connectivity index (χ0) is 33.5. The van der Waals surface area contributed by atoms with Crippen LogP contribution in [0.4, 0.5) is 11.4 Å². The third-order valence-electron chi connectivity index (χ3n) is 6.99. The first-order chi connectivity index (χ1) is 21.2. The van der Waals surface area contributed by atoms with Gasteiger partial charge in [-0.2, -0.15) is 0 Å². The van der Waals surface area contributed by atoms with E-state index in [-0.39, 0.29) is 34.5 Å². The number of anilines is 1. The summed E-state index contributed by atoms with van der Waals surface area (Å²) in [6.07, 6.45) is 0. The number of methoxy groups -OCH3 is 2. The quantitative estimate of drug-likeness (QED) is 0.188. The van der Waals surface area contributed by atoms with Gasteiger partial charge in [0.1, 0.15) is 24.1 Å². The first kappa shape index (κ1) is 35.1. The number of carbonyl (C=O) groups excluding carboxylic acids is 2. The number of rotatable bonds is 14. The van der Waals surface area contributed by atoms with Crippen molar-refractivity contribution in [1.82, 2.24) is 10.2 Å². The standard InChI is InChI=1S/C31H37ClN4O8S/c1-20(2)17-33-31(38)22(4)34(18-23-8-7-9-25(14-23)43-5)30(37)19-35(28-15-24(32)11-13-29(28)44-6)45(41,42)26-12-10-21(3)27(16-26)36(39)40/h7-16,20,22H,17-19H2,1-6H3,(H,33,38). The molecule has 0 fully saturated rings. The van der Waals surface area contributed by atoms with Gasteiger partial charge in [0.15, 0.2) is 0 Å². The van der Waals surface area contributed by atoms with Gasteiger partial charge in [0.25, 0.3) is 15.7 Å². The number of benzene rings is 3. The molecule has 0 saturated heterocycles. The Morgan fingerprint density at radius 1 is 1.02 bits per heavy atom. The summed E-state index contributed by atoms with van der Waals surface area (Å²) in [5.41, 5.74) is 0.415. The van der Waals surface area contributed by atoms with Gasteiger partial charge in [0, 0.05) is 29.7 Å². The molecule has 0 aromatic heterocycles. The molecule has 0 aliphatic carbocycles. The van der Waals surface area contributed by atoms with E-state index in [1.54, 1.807) is 31.2 Å². The lowest BCUT2D eigenvalue weighted by Gasteiger charge is -2.32. The lowest BCUT2D eigenvalue weighted by Crippen LogP contribution is -2.51. The van der Waals surface area contributed by atoms with Crippen molar-refractivity contribution in [2.45, 2.75) is 45.2 Å². The number of carbonyl (C=O) groups is 2. The molecular weight excluding hydrogens is 624 g/mol. The molecule has 0 aliphatic rings. The van der Waals surface area contributed by atoms with Crippen LogP contribution < -0.4 is 19.1 Å². The van der Waals surface area contributed by atoms with Gasteiger partial charge >= 0.3 is 0 Å². The highest BCUT2D eigenvalue weighted by molar-refractivity contribution is 7.92. The zero-order valence-corrected chi connectivity index (χ0v) is 27.5. The van der Waals surface area contributed by atoms with Crippen LogP contribution in [0, 0.1) is 23.0 Å². The van der Waals surface area contributed by atoms with Crippen molar-refractivity contribution in [2.24, 2.45) is 5.92 Å². The molecule has 242 valence electrons. The number of aryl methyl sites for hydroxylation is 1. The van der Waals surface area contributed by atoms with E-state index in [1.165, 1.54) is 56.4 Å². The van der Waals surface area contributed by atoms with E-state index >= 15 is 0 Å². The molecule has 0 heterocycles. The van der Waals surface area contributed by atoms with Crippen LogP contribution in [0.3, 0.4) is 0 Å². The predicted molar refractivity (Wildman–Crippen MR) is 171 cm³/mol. The van der Waals surface area contributed by atoms with Gasteiger partial charge in [-0.3, -0.25) is 24.0 Å². The second kappa shape index (κ2) is 15.1. The van der Waals surface area contributed by atoms with Gasteiger partial charge in [-0.25, -0.2) is 8.42 Å². The number of amides is 2.